The van der Waals surface area contributed by atoms with Crippen LogP contribution < -0.4 is 5.32 Å². The summed E-state index contributed by atoms with van der Waals surface area (Å²) in [6, 6.07) is 1.52. The lowest BCUT2D eigenvalue weighted by molar-refractivity contribution is -0.140. The fraction of sp³-hybridized carbons (Fsp3) is 0.929. The highest BCUT2D eigenvalue weighted by atomic mass is 16.2. The molecule has 0 aromatic carbocycles. The van der Waals surface area contributed by atoms with Crippen LogP contribution in [0, 0.1) is 0 Å². The third-order valence-electron chi connectivity index (χ3n) is 4.65. The molecule has 104 valence electrons. The first kappa shape index (κ1) is 13.8. The average Bonchev–Trinajstić information content (AvgIpc) is 2.61. The molecule has 0 bridgehead atoms. The molecule has 0 aromatic rings. The Labute approximate surface area is 111 Å². The van der Waals surface area contributed by atoms with E-state index in [1.54, 1.807) is 0 Å². The van der Waals surface area contributed by atoms with Gasteiger partial charge in [0.25, 0.3) is 0 Å². The highest BCUT2D eigenvalue weighted by Crippen LogP contribution is 2.27. The second-order valence-electron chi connectivity index (χ2n) is 5.83. The van der Waals surface area contributed by atoms with Crippen molar-refractivity contribution in [3.05, 3.63) is 0 Å². The fourth-order valence-corrected chi connectivity index (χ4v) is 3.43. The first-order valence-electron chi connectivity index (χ1n) is 7.34. The minimum Gasteiger partial charge on any atom is -0.336 e. The third-order valence-corrected chi connectivity index (χ3v) is 4.65. The van der Waals surface area contributed by atoms with Gasteiger partial charge in [-0.3, -0.25) is 9.69 Å². The van der Waals surface area contributed by atoms with Gasteiger partial charge in [-0.2, -0.15) is 0 Å². The van der Waals surface area contributed by atoms with E-state index in [4.69, 9.17) is 0 Å². The van der Waals surface area contributed by atoms with Gasteiger partial charge in [-0.1, -0.05) is 0 Å². The number of hydrogen-bond acceptors (Lipinski definition) is 3. The van der Waals surface area contributed by atoms with Crippen LogP contribution in [0.3, 0.4) is 0 Å². The van der Waals surface area contributed by atoms with Gasteiger partial charge in [-0.15, -0.1) is 0 Å². The van der Waals surface area contributed by atoms with Crippen LogP contribution in [0.5, 0.6) is 0 Å². The molecule has 2 rings (SSSR count). The largest absolute Gasteiger partial charge is 0.336 e. The number of nitrogens with one attached hydrogen (secondary N) is 1. The Bertz CT molecular complexity index is 293. The molecule has 3 unspecified atom stereocenters. The molecule has 3 atom stereocenters. The predicted molar refractivity (Wildman–Crippen MR) is 73.5 cm³/mol. The SMILES string of the molecule is CCN(C(=O)C(C)N1C(C)CCC1C)C1CNC1. The molecule has 18 heavy (non-hydrogen) atoms. The standard InChI is InChI=1S/C14H27N3O/c1-5-16(13-8-15-9-13)14(18)12(4)17-10(2)6-7-11(17)3/h10-13,15H,5-9H2,1-4H3. The normalized spacial score (nSPS) is 31.1. The van der Waals surface area contributed by atoms with Crippen molar-refractivity contribution in [1.82, 2.24) is 15.1 Å². The van der Waals surface area contributed by atoms with E-state index in [9.17, 15) is 4.79 Å². The Morgan fingerprint density at radius 1 is 1.33 bits per heavy atom. The van der Waals surface area contributed by atoms with Crippen molar-refractivity contribution in [3.8, 4) is 0 Å². The second kappa shape index (κ2) is 5.57. The minimum atomic E-state index is 0.0260. The maximum atomic E-state index is 12.6. The topological polar surface area (TPSA) is 35.6 Å². The number of carbonyl (C=O) groups excluding carboxylic acids is 1. The van der Waals surface area contributed by atoms with Crippen LogP contribution in [0.1, 0.15) is 40.5 Å². The molecule has 0 aromatic heterocycles. The van der Waals surface area contributed by atoms with Crippen molar-refractivity contribution in [3.63, 3.8) is 0 Å². The molecule has 4 nitrogen and oxygen atoms in total. The van der Waals surface area contributed by atoms with Gasteiger partial charge in [0, 0.05) is 31.7 Å². The zero-order chi connectivity index (χ0) is 13.3. The summed E-state index contributed by atoms with van der Waals surface area (Å²) in [4.78, 5) is 17.1. The Hall–Kier alpha value is -0.610. The van der Waals surface area contributed by atoms with E-state index < -0.39 is 0 Å². The lowest BCUT2D eigenvalue weighted by atomic mass is 10.1. The van der Waals surface area contributed by atoms with E-state index in [1.165, 1.54) is 12.8 Å². The Kier molecular flexibility index (Phi) is 4.28. The lowest BCUT2D eigenvalue weighted by Gasteiger charge is -2.41. The van der Waals surface area contributed by atoms with Crippen molar-refractivity contribution in [2.45, 2.75) is 64.7 Å². The molecule has 4 heteroatoms. The summed E-state index contributed by atoms with van der Waals surface area (Å²) in [5.74, 6) is 0.310. The minimum absolute atomic E-state index is 0.0260. The summed E-state index contributed by atoms with van der Waals surface area (Å²) in [5.41, 5.74) is 0. The predicted octanol–water partition coefficient (Wildman–Crippen LogP) is 1.07. The molecule has 0 spiro atoms. The first-order chi connectivity index (χ1) is 8.56. The monoisotopic (exact) mass is 253 g/mol. The molecule has 1 N–H and O–H groups in total. The number of likely N-dealkylation sites (tertiary alicyclic amines) is 1. The maximum Gasteiger partial charge on any atom is 0.239 e. The quantitative estimate of drug-likeness (QED) is 0.814. The summed E-state index contributed by atoms with van der Waals surface area (Å²) in [7, 11) is 0. The van der Waals surface area contributed by atoms with E-state index >= 15 is 0 Å². The summed E-state index contributed by atoms with van der Waals surface area (Å²) < 4.78 is 0. The van der Waals surface area contributed by atoms with Gasteiger partial charge in [0.05, 0.1) is 12.1 Å². The van der Waals surface area contributed by atoms with E-state index in [2.05, 4.69) is 42.8 Å². The number of rotatable bonds is 4. The molecular formula is C14H27N3O. The Balaban J connectivity index is 2.02. The second-order valence-corrected chi connectivity index (χ2v) is 5.83. The van der Waals surface area contributed by atoms with Gasteiger partial charge in [0.2, 0.25) is 5.91 Å². The zero-order valence-corrected chi connectivity index (χ0v) is 12.1. The Morgan fingerprint density at radius 2 is 1.89 bits per heavy atom. The third kappa shape index (κ3) is 2.41. The van der Waals surface area contributed by atoms with Crippen molar-refractivity contribution in [1.29, 1.82) is 0 Å². The van der Waals surface area contributed by atoms with Crippen molar-refractivity contribution in [2.24, 2.45) is 0 Å². The number of amides is 1. The summed E-state index contributed by atoms with van der Waals surface area (Å²) in [6.07, 6.45) is 2.44. The molecule has 2 saturated heterocycles. The molecule has 2 heterocycles. The molecule has 1 amide bonds. The highest BCUT2D eigenvalue weighted by Gasteiger charge is 2.38. The van der Waals surface area contributed by atoms with Crippen LogP contribution >= 0.6 is 0 Å². The van der Waals surface area contributed by atoms with Crippen LogP contribution in [0.25, 0.3) is 0 Å². The van der Waals surface area contributed by atoms with Gasteiger partial charge < -0.3 is 10.2 Å². The lowest BCUT2D eigenvalue weighted by Crippen LogP contribution is -2.62. The van der Waals surface area contributed by atoms with Gasteiger partial charge in [-0.25, -0.2) is 0 Å². The van der Waals surface area contributed by atoms with Crippen molar-refractivity contribution < 1.29 is 4.79 Å². The maximum absolute atomic E-state index is 12.6. The van der Waals surface area contributed by atoms with Gasteiger partial charge in [0.15, 0.2) is 0 Å². The van der Waals surface area contributed by atoms with E-state index in [0.29, 0.717) is 24.0 Å². The molecule has 0 radical (unpaired) electrons. The van der Waals surface area contributed by atoms with Crippen LogP contribution in [0.2, 0.25) is 0 Å². The van der Waals surface area contributed by atoms with E-state index in [0.717, 1.165) is 19.6 Å². The van der Waals surface area contributed by atoms with Crippen LogP contribution in [0.4, 0.5) is 0 Å². The van der Waals surface area contributed by atoms with Gasteiger partial charge >= 0.3 is 0 Å². The molecule has 2 fully saturated rings. The van der Waals surface area contributed by atoms with Crippen molar-refractivity contribution >= 4 is 5.91 Å². The first-order valence-corrected chi connectivity index (χ1v) is 7.34. The van der Waals surface area contributed by atoms with Crippen LogP contribution in [-0.4, -0.2) is 59.5 Å². The van der Waals surface area contributed by atoms with Gasteiger partial charge in [-0.05, 0) is 40.5 Å². The van der Waals surface area contributed by atoms with E-state index in [-0.39, 0.29) is 6.04 Å². The molecule has 2 aliphatic heterocycles. The molecule has 0 aliphatic carbocycles. The summed E-state index contributed by atoms with van der Waals surface area (Å²) >= 11 is 0. The molecule has 0 saturated carbocycles. The van der Waals surface area contributed by atoms with Crippen LogP contribution in [0.15, 0.2) is 0 Å². The highest BCUT2D eigenvalue weighted by molar-refractivity contribution is 5.82. The number of likely N-dealkylation sites (N-methyl/N-ethyl adjacent to an activating group) is 1. The van der Waals surface area contributed by atoms with Gasteiger partial charge in [0.1, 0.15) is 0 Å². The van der Waals surface area contributed by atoms with Crippen molar-refractivity contribution in [2.75, 3.05) is 19.6 Å². The number of carbonyl (C=O) groups is 1. The summed E-state index contributed by atoms with van der Waals surface area (Å²) in [6.45, 7) is 11.4. The van der Waals surface area contributed by atoms with E-state index in [1.807, 2.05) is 0 Å². The number of nitrogens with zero attached hydrogens (tertiary/aromatic N) is 2. The fourth-order valence-electron chi connectivity index (χ4n) is 3.43. The summed E-state index contributed by atoms with van der Waals surface area (Å²) in [5, 5.41) is 3.25. The Morgan fingerprint density at radius 3 is 2.28 bits per heavy atom. The van der Waals surface area contributed by atoms with Crippen LogP contribution in [-0.2, 0) is 4.79 Å². The number of hydrogen-bond donors (Lipinski definition) is 1. The molecule has 2 aliphatic rings. The zero-order valence-electron chi connectivity index (χ0n) is 12.1. The molecular weight excluding hydrogens is 226 g/mol. The average molecular weight is 253 g/mol. The smallest absolute Gasteiger partial charge is 0.239 e.